The van der Waals surface area contributed by atoms with Crippen molar-refractivity contribution in [1.82, 2.24) is 15.1 Å². The first-order valence-electron chi connectivity index (χ1n) is 8.37. The van der Waals surface area contributed by atoms with Crippen LogP contribution in [0.2, 0.25) is 0 Å². The Morgan fingerprint density at radius 2 is 1.90 bits per heavy atom. The molecule has 0 bridgehead atoms. The van der Waals surface area contributed by atoms with Crippen LogP contribution in [0.5, 0.6) is 0 Å². The highest BCUT2D eigenvalue weighted by Crippen LogP contribution is 2.17. The van der Waals surface area contributed by atoms with E-state index in [0.29, 0.717) is 0 Å². The summed E-state index contributed by atoms with van der Waals surface area (Å²) in [4.78, 5) is 9.48. The molecule has 0 spiro atoms. The lowest BCUT2D eigenvalue weighted by Gasteiger charge is -2.34. The molecular weight excluding hydrogens is 375 g/mol. The van der Waals surface area contributed by atoms with E-state index in [-0.39, 0.29) is 24.0 Å². The summed E-state index contributed by atoms with van der Waals surface area (Å²) in [5.41, 5.74) is 0. The fourth-order valence-electron chi connectivity index (χ4n) is 3.50. The molecule has 0 aromatic heterocycles. The lowest BCUT2D eigenvalue weighted by Crippen LogP contribution is -2.45. The second-order valence-electron chi connectivity index (χ2n) is 6.78. The van der Waals surface area contributed by atoms with Crippen LogP contribution in [0.3, 0.4) is 0 Å². The first-order chi connectivity index (χ1) is 9.69. The van der Waals surface area contributed by atoms with Crippen LogP contribution in [0.25, 0.3) is 0 Å². The number of nitrogens with one attached hydrogen (secondary N) is 1. The number of guanidine groups is 1. The lowest BCUT2D eigenvalue weighted by atomic mass is 9.97. The van der Waals surface area contributed by atoms with Crippen LogP contribution in [0.15, 0.2) is 4.99 Å². The van der Waals surface area contributed by atoms with Crippen LogP contribution in [-0.4, -0.2) is 62.1 Å². The Kier molecular flexibility index (Phi) is 8.94. The Morgan fingerprint density at radius 3 is 2.52 bits per heavy atom. The summed E-state index contributed by atoms with van der Waals surface area (Å²) in [7, 11) is 1.91. The third-order valence-corrected chi connectivity index (χ3v) is 4.39. The maximum atomic E-state index is 4.44. The van der Waals surface area contributed by atoms with Gasteiger partial charge in [0.05, 0.1) is 0 Å². The smallest absolute Gasteiger partial charge is 0.193 e. The Labute approximate surface area is 147 Å². The molecule has 2 aliphatic rings. The quantitative estimate of drug-likeness (QED) is 0.441. The van der Waals surface area contributed by atoms with Crippen molar-refractivity contribution in [3.63, 3.8) is 0 Å². The summed E-state index contributed by atoms with van der Waals surface area (Å²) in [6.45, 7) is 11.8. The van der Waals surface area contributed by atoms with Crippen molar-refractivity contribution in [2.24, 2.45) is 16.8 Å². The number of piperidine rings is 1. The molecule has 0 aromatic rings. The molecular formula is C16H33IN4. The van der Waals surface area contributed by atoms with Crippen molar-refractivity contribution in [2.75, 3.05) is 46.3 Å². The molecule has 21 heavy (non-hydrogen) atoms. The van der Waals surface area contributed by atoms with E-state index in [1.807, 2.05) is 7.05 Å². The Hall–Kier alpha value is -0.0400. The predicted molar refractivity (Wildman–Crippen MR) is 102 cm³/mol. The molecule has 0 aromatic carbocycles. The molecule has 1 unspecified atom stereocenters. The van der Waals surface area contributed by atoms with E-state index in [9.17, 15) is 0 Å². The SMILES string of the molecule is CN=C(NCC1CCCN(CC(C)C)C1)N1CCCC1.I. The van der Waals surface area contributed by atoms with Gasteiger partial charge < -0.3 is 15.1 Å². The molecule has 0 saturated carbocycles. The summed E-state index contributed by atoms with van der Waals surface area (Å²) in [5.74, 6) is 2.67. The van der Waals surface area contributed by atoms with Gasteiger partial charge in [-0.25, -0.2) is 0 Å². The first-order valence-corrected chi connectivity index (χ1v) is 8.37. The molecule has 4 nitrogen and oxygen atoms in total. The van der Waals surface area contributed by atoms with Gasteiger partial charge in [0.25, 0.3) is 0 Å². The van der Waals surface area contributed by atoms with E-state index in [1.54, 1.807) is 0 Å². The monoisotopic (exact) mass is 408 g/mol. The van der Waals surface area contributed by atoms with Crippen molar-refractivity contribution in [2.45, 2.75) is 39.5 Å². The van der Waals surface area contributed by atoms with Crippen LogP contribution in [0, 0.1) is 11.8 Å². The van der Waals surface area contributed by atoms with E-state index in [0.717, 1.165) is 24.3 Å². The predicted octanol–water partition coefficient (Wildman–Crippen LogP) is 2.64. The van der Waals surface area contributed by atoms with Gasteiger partial charge in [0.2, 0.25) is 0 Å². The molecule has 5 heteroatoms. The minimum absolute atomic E-state index is 0. The van der Waals surface area contributed by atoms with Crippen molar-refractivity contribution < 1.29 is 0 Å². The number of rotatable bonds is 4. The second kappa shape index (κ2) is 9.87. The zero-order chi connectivity index (χ0) is 14.4. The third kappa shape index (κ3) is 6.30. The number of hydrogen-bond acceptors (Lipinski definition) is 2. The highest BCUT2D eigenvalue weighted by molar-refractivity contribution is 14.0. The third-order valence-electron chi connectivity index (χ3n) is 4.39. The van der Waals surface area contributed by atoms with Gasteiger partial charge in [0.15, 0.2) is 5.96 Å². The topological polar surface area (TPSA) is 30.9 Å². The fraction of sp³-hybridized carbons (Fsp3) is 0.938. The van der Waals surface area contributed by atoms with Crippen LogP contribution in [0.1, 0.15) is 39.5 Å². The van der Waals surface area contributed by atoms with Crippen LogP contribution in [-0.2, 0) is 0 Å². The van der Waals surface area contributed by atoms with Gasteiger partial charge in [-0.3, -0.25) is 4.99 Å². The summed E-state index contributed by atoms with van der Waals surface area (Å²) >= 11 is 0. The van der Waals surface area contributed by atoms with E-state index < -0.39 is 0 Å². The number of aliphatic imine (C=N–C) groups is 1. The Morgan fingerprint density at radius 1 is 1.19 bits per heavy atom. The van der Waals surface area contributed by atoms with Crippen molar-refractivity contribution in [3.8, 4) is 0 Å². The number of hydrogen-bond donors (Lipinski definition) is 1. The van der Waals surface area contributed by atoms with Gasteiger partial charge in [-0.05, 0) is 44.1 Å². The number of likely N-dealkylation sites (tertiary alicyclic amines) is 2. The van der Waals surface area contributed by atoms with Crippen LogP contribution < -0.4 is 5.32 Å². The molecule has 2 saturated heterocycles. The van der Waals surface area contributed by atoms with E-state index >= 15 is 0 Å². The van der Waals surface area contributed by atoms with Gasteiger partial charge in [0.1, 0.15) is 0 Å². The van der Waals surface area contributed by atoms with Crippen molar-refractivity contribution >= 4 is 29.9 Å². The molecule has 1 N–H and O–H groups in total. The molecule has 1 atom stereocenters. The molecule has 2 fully saturated rings. The molecule has 2 heterocycles. The van der Waals surface area contributed by atoms with Crippen LogP contribution >= 0.6 is 24.0 Å². The van der Waals surface area contributed by atoms with Crippen molar-refractivity contribution in [1.29, 1.82) is 0 Å². The number of halogens is 1. The van der Waals surface area contributed by atoms with Gasteiger partial charge in [-0.2, -0.15) is 0 Å². The van der Waals surface area contributed by atoms with Gasteiger partial charge in [0, 0.05) is 39.8 Å². The van der Waals surface area contributed by atoms with Gasteiger partial charge in [-0.15, -0.1) is 24.0 Å². The van der Waals surface area contributed by atoms with E-state index in [2.05, 4.69) is 34.0 Å². The molecule has 0 radical (unpaired) electrons. The average Bonchev–Trinajstić information content (AvgIpc) is 2.93. The summed E-state index contributed by atoms with van der Waals surface area (Å²) in [6, 6.07) is 0. The lowest BCUT2D eigenvalue weighted by molar-refractivity contribution is 0.159. The van der Waals surface area contributed by atoms with Gasteiger partial charge in [-0.1, -0.05) is 13.8 Å². The van der Waals surface area contributed by atoms with E-state index in [1.165, 1.54) is 58.4 Å². The first kappa shape index (κ1) is 19.0. The minimum atomic E-state index is 0. The number of nitrogens with zero attached hydrogens (tertiary/aromatic N) is 3. The van der Waals surface area contributed by atoms with Crippen molar-refractivity contribution in [3.05, 3.63) is 0 Å². The average molecular weight is 408 g/mol. The second-order valence-corrected chi connectivity index (χ2v) is 6.78. The zero-order valence-electron chi connectivity index (χ0n) is 14.0. The van der Waals surface area contributed by atoms with Crippen LogP contribution in [0.4, 0.5) is 0 Å². The Balaban J connectivity index is 0.00000220. The fourth-order valence-corrected chi connectivity index (χ4v) is 3.50. The molecule has 0 aliphatic carbocycles. The van der Waals surface area contributed by atoms with Gasteiger partial charge >= 0.3 is 0 Å². The molecule has 2 rings (SSSR count). The minimum Gasteiger partial charge on any atom is -0.356 e. The maximum absolute atomic E-state index is 4.44. The highest BCUT2D eigenvalue weighted by Gasteiger charge is 2.22. The largest absolute Gasteiger partial charge is 0.356 e. The Bertz CT molecular complexity index is 313. The standard InChI is InChI=1S/C16H32N4.HI/c1-14(2)12-19-8-6-7-15(13-19)11-18-16(17-3)20-9-4-5-10-20;/h14-15H,4-13H2,1-3H3,(H,17,18);1H. The maximum Gasteiger partial charge on any atom is 0.193 e. The summed E-state index contributed by atoms with van der Waals surface area (Å²) in [6.07, 6.45) is 5.33. The molecule has 0 amide bonds. The summed E-state index contributed by atoms with van der Waals surface area (Å²) in [5, 5.41) is 3.60. The molecule has 2 aliphatic heterocycles. The highest BCUT2D eigenvalue weighted by atomic mass is 127. The normalized spacial score (nSPS) is 24.3. The zero-order valence-corrected chi connectivity index (χ0v) is 16.3. The molecule has 124 valence electrons. The summed E-state index contributed by atoms with van der Waals surface area (Å²) < 4.78 is 0. The van der Waals surface area contributed by atoms with E-state index in [4.69, 9.17) is 0 Å².